The second-order valence-electron chi connectivity index (χ2n) is 5.46. The lowest BCUT2D eigenvalue weighted by molar-refractivity contribution is 0.00283. The van der Waals surface area contributed by atoms with Crippen molar-refractivity contribution in [2.45, 2.75) is 25.7 Å². The smallest absolute Gasteiger partial charge is 0.129 e. The minimum absolute atomic E-state index is 0.297. The zero-order valence-corrected chi connectivity index (χ0v) is 14.3. The first kappa shape index (κ1) is 18.2. The van der Waals surface area contributed by atoms with E-state index < -0.39 is 6.10 Å². The maximum Gasteiger partial charge on any atom is 0.129 e. The summed E-state index contributed by atoms with van der Waals surface area (Å²) in [5.74, 6) is 0.771. The Morgan fingerprint density at radius 2 is 2.30 bits per heavy atom. The van der Waals surface area contributed by atoms with Crippen LogP contribution in [0, 0.1) is 0 Å². The molecule has 0 aliphatic rings. The Hall–Kier alpha value is -1.18. The summed E-state index contributed by atoms with van der Waals surface area (Å²) in [4.78, 5) is 2.24. The fraction of sp³-hybridized carbons (Fsp3) is 0.529. The minimum Gasteiger partial charge on any atom is -0.467 e. The van der Waals surface area contributed by atoms with E-state index in [0.717, 1.165) is 31.9 Å². The zero-order chi connectivity index (χ0) is 16.3. The summed E-state index contributed by atoms with van der Waals surface area (Å²) < 4.78 is 15.8. The lowest BCUT2D eigenvalue weighted by Crippen LogP contribution is -2.35. The molecule has 0 aromatic carbocycles. The molecule has 2 rings (SSSR count). The summed E-state index contributed by atoms with van der Waals surface area (Å²) in [6.07, 6.45) is 2.04. The van der Waals surface area contributed by atoms with Gasteiger partial charge < -0.3 is 19.0 Å². The van der Waals surface area contributed by atoms with Gasteiger partial charge in [0.2, 0.25) is 0 Å². The highest BCUT2D eigenvalue weighted by atomic mass is 32.1. The molecule has 0 saturated carbocycles. The standard InChI is InChI=1S/C17H25NO4S/c1-20-7-3-6-18(10-15-5-9-23-14-15)11-16(19)12-21-13-17-4-2-8-22-17/h2,4-5,8-9,14,16,19H,3,6-7,10-13H2,1H3/t16-/m1/s1. The average molecular weight is 339 g/mol. The molecule has 0 bridgehead atoms. The summed E-state index contributed by atoms with van der Waals surface area (Å²) in [7, 11) is 1.71. The van der Waals surface area contributed by atoms with E-state index in [4.69, 9.17) is 13.9 Å². The predicted octanol–water partition coefficient (Wildman–Crippen LogP) is 2.76. The maximum absolute atomic E-state index is 10.2. The van der Waals surface area contributed by atoms with Gasteiger partial charge in [-0.15, -0.1) is 0 Å². The van der Waals surface area contributed by atoms with Crippen molar-refractivity contribution in [2.75, 3.05) is 33.4 Å². The van der Waals surface area contributed by atoms with Crippen LogP contribution in [0.5, 0.6) is 0 Å². The number of hydrogen-bond donors (Lipinski definition) is 1. The largest absolute Gasteiger partial charge is 0.467 e. The molecule has 2 aromatic rings. The quantitative estimate of drug-likeness (QED) is 0.603. The Morgan fingerprint density at radius 1 is 1.39 bits per heavy atom. The Morgan fingerprint density at radius 3 is 3.00 bits per heavy atom. The monoisotopic (exact) mass is 339 g/mol. The number of rotatable bonds is 12. The number of furan rings is 1. The molecule has 128 valence electrons. The summed E-state index contributed by atoms with van der Waals surface area (Å²) in [6.45, 7) is 3.72. The number of methoxy groups -OCH3 is 1. The molecule has 23 heavy (non-hydrogen) atoms. The molecule has 1 N–H and O–H groups in total. The van der Waals surface area contributed by atoms with Crippen molar-refractivity contribution in [1.82, 2.24) is 4.90 Å². The molecule has 0 aliphatic heterocycles. The second kappa shape index (κ2) is 10.6. The SMILES string of the molecule is COCCCN(Cc1ccsc1)C[C@@H](O)COCc1ccco1. The Bertz CT molecular complexity index is 501. The van der Waals surface area contributed by atoms with Crippen LogP contribution in [0.25, 0.3) is 0 Å². The Kier molecular flexibility index (Phi) is 8.35. The van der Waals surface area contributed by atoms with Crippen LogP contribution < -0.4 is 0 Å². The summed E-state index contributed by atoms with van der Waals surface area (Å²) >= 11 is 1.69. The third-order valence-corrected chi connectivity index (χ3v) is 4.14. The Balaban J connectivity index is 1.73. The molecule has 0 saturated heterocycles. The van der Waals surface area contributed by atoms with Crippen molar-refractivity contribution in [3.8, 4) is 0 Å². The first-order valence-electron chi connectivity index (χ1n) is 7.78. The molecule has 0 fully saturated rings. The van der Waals surface area contributed by atoms with Gasteiger partial charge in [-0.05, 0) is 40.9 Å². The summed E-state index contributed by atoms with van der Waals surface area (Å²) in [5, 5.41) is 14.4. The van der Waals surface area contributed by atoms with Crippen LogP contribution in [0.2, 0.25) is 0 Å². The molecule has 0 spiro atoms. The van der Waals surface area contributed by atoms with Crippen LogP contribution in [0.1, 0.15) is 17.7 Å². The second-order valence-corrected chi connectivity index (χ2v) is 6.24. The van der Waals surface area contributed by atoms with Crippen LogP contribution in [0.3, 0.4) is 0 Å². The first-order valence-corrected chi connectivity index (χ1v) is 8.72. The van der Waals surface area contributed by atoms with E-state index in [1.165, 1.54) is 5.56 Å². The van der Waals surface area contributed by atoms with E-state index in [-0.39, 0.29) is 0 Å². The lowest BCUT2D eigenvalue weighted by Gasteiger charge is -2.24. The van der Waals surface area contributed by atoms with E-state index in [0.29, 0.717) is 19.8 Å². The van der Waals surface area contributed by atoms with Crippen LogP contribution in [0.15, 0.2) is 39.6 Å². The van der Waals surface area contributed by atoms with Crippen LogP contribution in [0.4, 0.5) is 0 Å². The van der Waals surface area contributed by atoms with Crippen molar-refractivity contribution in [2.24, 2.45) is 0 Å². The molecule has 1 atom stereocenters. The number of ether oxygens (including phenoxy) is 2. The van der Waals surface area contributed by atoms with Crippen molar-refractivity contribution in [1.29, 1.82) is 0 Å². The summed E-state index contributed by atoms with van der Waals surface area (Å²) in [5.41, 5.74) is 1.27. The zero-order valence-electron chi connectivity index (χ0n) is 13.5. The molecule has 0 amide bonds. The van der Waals surface area contributed by atoms with E-state index in [2.05, 4.69) is 21.7 Å². The average Bonchev–Trinajstić information content (AvgIpc) is 3.21. The number of nitrogens with zero attached hydrogens (tertiary/aromatic N) is 1. The molecule has 0 unspecified atom stereocenters. The van der Waals surface area contributed by atoms with Gasteiger partial charge in [0.15, 0.2) is 0 Å². The molecule has 6 heteroatoms. The molecular weight excluding hydrogens is 314 g/mol. The van der Waals surface area contributed by atoms with Crippen LogP contribution in [-0.4, -0.2) is 49.5 Å². The highest BCUT2D eigenvalue weighted by Crippen LogP contribution is 2.11. The maximum atomic E-state index is 10.2. The third-order valence-electron chi connectivity index (χ3n) is 3.41. The van der Waals surface area contributed by atoms with Gasteiger partial charge >= 0.3 is 0 Å². The Labute approximate surface area is 141 Å². The van der Waals surface area contributed by atoms with Crippen molar-refractivity contribution in [3.05, 3.63) is 46.5 Å². The normalized spacial score (nSPS) is 12.8. The van der Waals surface area contributed by atoms with Gasteiger partial charge in [-0.3, -0.25) is 4.90 Å². The number of aliphatic hydroxyl groups is 1. The van der Waals surface area contributed by atoms with Gasteiger partial charge in [0.25, 0.3) is 0 Å². The van der Waals surface area contributed by atoms with E-state index in [9.17, 15) is 5.11 Å². The summed E-state index contributed by atoms with van der Waals surface area (Å²) in [6, 6.07) is 5.81. The van der Waals surface area contributed by atoms with Crippen LogP contribution in [-0.2, 0) is 22.6 Å². The fourth-order valence-electron chi connectivity index (χ4n) is 2.35. The molecule has 2 aromatic heterocycles. The van der Waals surface area contributed by atoms with E-state index >= 15 is 0 Å². The van der Waals surface area contributed by atoms with Crippen molar-refractivity contribution in [3.63, 3.8) is 0 Å². The molecule has 0 aliphatic carbocycles. The fourth-order valence-corrected chi connectivity index (χ4v) is 3.01. The number of hydrogen-bond acceptors (Lipinski definition) is 6. The molecule has 5 nitrogen and oxygen atoms in total. The molecular formula is C17H25NO4S. The third kappa shape index (κ3) is 7.28. The van der Waals surface area contributed by atoms with E-state index in [1.54, 1.807) is 24.7 Å². The van der Waals surface area contributed by atoms with Crippen LogP contribution >= 0.6 is 11.3 Å². The number of thiophene rings is 1. The highest BCUT2D eigenvalue weighted by molar-refractivity contribution is 7.07. The van der Waals surface area contributed by atoms with Crippen molar-refractivity contribution >= 4 is 11.3 Å². The number of aliphatic hydroxyl groups excluding tert-OH is 1. The van der Waals surface area contributed by atoms with Gasteiger partial charge in [-0.1, -0.05) is 0 Å². The van der Waals surface area contributed by atoms with Gasteiger partial charge in [0, 0.05) is 33.4 Å². The van der Waals surface area contributed by atoms with Gasteiger partial charge in [-0.25, -0.2) is 0 Å². The topological polar surface area (TPSA) is 55.1 Å². The first-order chi connectivity index (χ1) is 11.3. The predicted molar refractivity (Wildman–Crippen MR) is 90.5 cm³/mol. The van der Waals surface area contributed by atoms with Gasteiger partial charge in [0.1, 0.15) is 12.4 Å². The van der Waals surface area contributed by atoms with E-state index in [1.807, 2.05) is 12.1 Å². The lowest BCUT2D eigenvalue weighted by atomic mass is 10.2. The molecule has 2 heterocycles. The molecule has 0 radical (unpaired) electrons. The highest BCUT2D eigenvalue weighted by Gasteiger charge is 2.13. The van der Waals surface area contributed by atoms with Gasteiger partial charge in [-0.2, -0.15) is 11.3 Å². The van der Waals surface area contributed by atoms with Crippen molar-refractivity contribution < 1.29 is 19.0 Å². The minimum atomic E-state index is -0.522. The van der Waals surface area contributed by atoms with Gasteiger partial charge in [0.05, 0.1) is 19.0 Å².